The van der Waals surface area contributed by atoms with Gasteiger partial charge >= 0.3 is 0 Å². The maximum absolute atomic E-state index is 5.84. The molecule has 0 aliphatic carbocycles. The summed E-state index contributed by atoms with van der Waals surface area (Å²) in [6.07, 6.45) is 2.52. The van der Waals surface area contributed by atoms with Crippen LogP contribution in [0.25, 0.3) is 11.0 Å². The van der Waals surface area contributed by atoms with Crippen molar-refractivity contribution in [2.45, 2.75) is 18.9 Å². The summed E-state index contributed by atoms with van der Waals surface area (Å²) >= 11 is 1.65. The van der Waals surface area contributed by atoms with Crippen molar-refractivity contribution in [3.05, 3.63) is 36.1 Å². The normalized spacial score (nSPS) is 23.7. The van der Waals surface area contributed by atoms with E-state index in [2.05, 4.69) is 15.5 Å². The molecule has 22 heavy (non-hydrogen) atoms. The number of para-hydroxylation sites is 1. The number of hydrogen-bond acceptors (Lipinski definition) is 5. The summed E-state index contributed by atoms with van der Waals surface area (Å²) in [6.45, 7) is 1.58. The summed E-state index contributed by atoms with van der Waals surface area (Å²) < 4.78 is 11.4. The smallest absolute Gasteiger partial charge is 0.177 e. The second kappa shape index (κ2) is 6.14. The molecule has 2 aliphatic rings. The van der Waals surface area contributed by atoms with Gasteiger partial charge in [-0.05, 0) is 25.0 Å². The second-order valence-electron chi connectivity index (χ2n) is 5.39. The molecule has 0 spiro atoms. The first-order valence-electron chi connectivity index (χ1n) is 7.49. The highest BCUT2D eigenvalue weighted by molar-refractivity contribution is 8.14. The van der Waals surface area contributed by atoms with Crippen molar-refractivity contribution in [2.75, 3.05) is 18.9 Å². The quantitative estimate of drug-likeness (QED) is 0.946. The zero-order valence-corrected chi connectivity index (χ0v) is 12.9. The number of rotatable bonds is 3. The van der Waals surface area contributed by atoms with Crippen molar-refractivity contribution in [1.82, 2.24) is 5.43 Å². The van der Waals surface area contributed by atoms with Gasteiger partial charge in [0.2, 0.25) is 0 Å². The van der Waals surface area contributed by atoms with E-state index in [1.165, 1.54) is 0 Å². The number of fused-ring (bicyclic) bond motifs is 1. The number of nitrogens with one attached hydrogen (secondary N) is 1. The van der Waals surface area contributed by atoms with Crippen molar-refractivity contribution in [3.63, 3.8) is 0 Å². The standard InChI is InChI=1S/C16H17N3O2S/c1-2-6-14-11(4-1)8-15(21-14)13-10-22-16(19-18-13)17-9-12-5-3-7-20-12/h1-2,4,6,8,12H,3,5,7,9-10H2,(H,17,19)/t12-/m0/s1. The molecule has 0 saturated carbocycles. The Bertz CT molecular complexity index is 699. The molecule has 0 radical (unpaired) electrons. The van der Waals surface area contributed by atoms with E-state index in [1.807, 2.05) is 30.3 Å². The van der Waals surface area contributed by atoms with E-state index in [1.54, 1.807) is 11.8 Å². The van der Waals surface area contributed by atoms with Crippen molar-refractivity contribution in [2.24, 2.45) is 10.1 Å². The minimum Gasteiger partial charge on any atom is -0.455 e. The van der Waals surface area contributed by atoms with E-state index in [-0.39, 0.29) is 6.10 Å². The van der Waals surface area contributed by atoms with Crippen molar-refractivity contribution in [3.8, 4) is 0 Å². The van der Waals surface area contributed by atoms with Crippen LogP contribution in [0.3, 0.4) is 0 Å². The second-order valence-corrected chi connectivity index (χ2v) is 6.35. The fourth-order valence-electron chi connectivity index (χ4n) is 2.62. The Kier molecular flexibility index (Phi) is 3.86. The predicted molar refractivity (Wildman–Crippen MR) is 89.6 cm³/mol. The molecule has 3 heterocycles. The summed E-state index contributed by atoms with van der Waals surface area (Å²) in [5.41, 5.74) is 4.83. The van der Waals surface area contributed by atoms with Gasteiger partial charge in [-0.15, -0.1) is 0 Å². The summed E-state index contributed by atoms with van der Waals surface area (Å²) in [5.74, 6) is 1.58. The molecule has 114 valence electrons. The number of nitrogens with zero attached hydrogens (tertiary/aromatic N) is 2. The molecule has 6 heteroatoms. The van der Waals surface area contributed by atoms with Gasteiger partial charge in [-0.2, -0.15) is 5.10 Å². The minimum atomic E-state index is 0.274. The van der Waals surface area contributed by atoms with Gasteiger partial charge in [-0.1, -0.05) is 30.0 Å². The zero-order valence-electron chi connectivity index (χ0n) is 12.1. The molecule has 1 aromatic heterocycles. The van der Waals surface area contributed by atoms with Gasteiger partial charge in [0.1, 0.15) is 11.3 Å². The summed E-state index contributed by atoms with van der Waals surface area (Å²) in [7, 11) is 0. The van der Waals surface area contributed by atoms with Crippen LogP contribution >= 0.6 is 11.8 Å². The van der Waals surface area contributed by atoms with Crippen LogP contribution in [0.4, 0.5) is 0 Å². The molecule has 0 unspecified atom stereocenters. The molecule has 1 atom stereocenters. The number of amidine groups is 1. The van der Waals surface area contributed by atoms with Crippen LogP contribution in [-0.4, -0.2) is 35.9 Å². The monoisotopic (exact) mass is 315 g/mol. The lowest BCUT2D eigenvalue weighted by Crippen LogP contribution is -2.26. The molecular formula is C16H17N3O2S. The average Bonchev–Trinajstić information content (AvgIpc) is 3.22. The lowest BCUT2D eigenvalue weighted by molar-refractivity contribution is 0.118. The number of benzene rings is 1. The Morgan fingerprint density at radius 2 is 2.32 bits per heavy atom. The number of furan rings is 1. The third-order valence-electron chi connectivity index (χ3n) is 3.80. The van der Waals surface area contributed by atoms with E-state index in [9.17, 15) is 0 Å². The third kappa shape index (κ3) is 2.89. The first-order valence-corrected chi connectivity index (χ1v) is 8.47. The number of ether oxygens (including phenoxy) is 1. The van der Waals surface area contributed by atoms with Crippen LogP contribution in [0.1, 0.15) is 18.6 Å². The molecule has 1 aromatic carbocycles. The number of hydrazone groups is 1. The van der Waals surface area contributed by atoms with E-state index >= 15 is 0 Å². The Hall–Kier alpha value is -1.79. The number of aliphatic imine (C=N–C) groups is 1. The van der Waals surface area contributed by atoms with Crippen LogP contribution in [0.15, 0.2) is 44.8 Å². The first kappa shape index (κ1) is 13.8. The molecule has 0 amide bonds. The number of hydrogen-bond donors (Lipinski definition) is 1. The minimum absolute atomic E-state index is 0.274. The van der Waals surface area contributed by atoms with Gasteiger partial charge < -0.3 is 9.15 Å². The Balaban J connectivity index is 1.45. The highest BCUT2D eigenvalue weighted by Gasteiger charge is 2.18. The molecule has 4 rings (SSSR count). The molecule has 1 saturated heterocycles. The lowest BCUT2D eigenvalue weighted by Gasteiger charge is -2.14. The molecular weight excluding hydrogens is 298 g/mol. The maximum atomic E-state index is 5.84. The fourth-order valence-corrected chi connectivity index (χ4v) is 3.38. The predicted octanol–water partition coefficient (Wildman–Crippen LogP) is 3.01. The molecule has 1 fully saturated rings. The van der Waals surface area contributed by atoms with Gasteiger partial charge in [-0.25, -0.2) is 0 Å². The Morgan fingerprint density at radius 3 is 3.09 bits per heavy atom. The van der Waals surface area contributed by atoms with Gasteiger partial charge in [0, 0.05) is 17.7 Å². The number of thioether (sulfide) groups is 1. The summed E-state index contributed by atoms with van der Waals surface area (Å²) in [4.78, 5) is 4.54. The van der Waals surface area contributed by atoms with Gasteiger partial charge in [0.15, 0.2) is 10.9 Å². The van der Waals surface area contributed by atoms with Gasteiger partial charge in [-0.3, -0.25) is 10.4 Å². The first-order chi connectivity index (χ1) is 10.9. The molecule has 1 N–H and O–H groups in total. The Labute approximate surface area is 132 Å². The lowest BCUT2D eigenvalue weighted by atomic mass is 10.2. The maximum Gasteiger partial charge on any atom is 0.177 e. The fraction of sp³-hybridized carbons (Fsp3) is 0.375. The molecule has 2 aromatic rings. The molecule has 5 nitrogen and oxygen atoms in total. The van der Waals surface area contributed by atoms with Crippen LogP contribution < -0.4 is 5.43 Å². The van der Waals surface area contributed by atoms with Gasteiger partial charge in [0.25, 0.3) is 0 Å². The van der Waals surface area contributed by atoms with E-state index < -0.39 is 0 Å². The van der Waals surface area contributed by atoms with E-state index in [4.69, 9.17) is 9.15 Å². The van der Waals surface area contributed by atoms with Crippen molar-refractivity contribution >= 4 is 33.6 Å². The molecule has 2 aliphatic heterocycles. The van der Waals surface area contributed by atoms with Crippen LogP contribution in [-0.2, 0) is 4.74 Å². The summed E-state index contributed by atoms with van der Waals surface area (Å²) in [5, 5.41) is 6.36. The topological polar surface area (TPSA) is 59.1 Å². The highest BCUT2D eigenvalue weighted by Crippen LogP contribution is 2.22. The Morgan fingerprint density at radius 1 is 1.36 bits per heavy atom. The van der Waals surface area contributed by atoms with Gasteiger partial charge in [0.05, 0.1) is 12.6 Å². The third-order valence-corrected chi connectivity index (χ3v) is 4.72. The van der Waals surface area contributed by atoms with Crippen molar-refractivity contribution < 1.29 is 9.15 Å². The van der Waals surface area contributed by atoms with Crippen molar-refractivity contribution in [1.29, 1.82) is 0 Å². The van der Waals surface area contributed by atoms with Crippen LogP contribution in [0.5, 0.6) is 0 Å². The zero-order chi connectivity index (χ0) is 14.8. The van der Waals surface area contributed by atoms with Crippen LogP contribution in [0, 0.1) is 0 Å². The largest absolute Gasteiger partial charge is 0.455 e. The van der Waals surface area contributed by atoms with E-state index in [0.717, 1.165) is 52.8 Å². The highest BCUT2D eigenvalue weighted by atomic mass is 32.2. The summed E-state index contributed by atoms with van der Waals surface area (Å²) in [6, 6.07) is 10.0. The van der Waals surface area contributed by atoms with Crippen LogP contribution in [0.2, 0.25) is 0 Å². The average molecular weight is 315 g/mol. The van der Waals surface area contributed by atoms with E-state index in [0.29, 0.717) is 6.54 Å². The SMILES string of the molecule is c1ccc2oc(C3=NNC(=NC[C@@H]4CCCO4)SC3)cc2c1. The molecule has 0 bridgehead atoms.